The van der Waals surface area contributed by atoms with Gasteiger partial charge >= 0.3 is 0 Å². The van der Waals surface area contributed by atoms with Gasteiger partial charge in [0.1, 0.15) is 11.6 Å². The van der Waals surface area contributed by atoms with E-state index in [2.05, 4.69) is 37.2 Å². The molecule has 1 heterocycles. The van der Waals surface area contributed by atoms with Gasteiger partial charge in [-0.15, -0.1) is 11.3 Å². The van der Waals surface area contributed by atoms with Gasteiger partial charge in [-0.1, -0.05) is 0 Å². The van der Waals surface area contributed by atoms with Crippen LogP contribution >= 0.6 is 43.2 Å². The summed E-state index contributed by atoms with van der Waals surface area (Å²) < 4.78 is 28.8. The normalized spacial score (nSPS) is 10.6. The Morgan fingerprint density at radius 2 is 1.95 bits per heavy atom. The van der Waals surface area contributed by atoms with E-state index >= 15 is 0 Å². The van der Waals surface area contributed by atoms with Gasteiger partial charge in [-0.3, -0.25) is 4.79 Å². The first-order valence-electron chi connectivity index (χ1n) is 5.35. The van der Waals surface area contributed by atoms with Crippen LogP contribution in [0.3, 0.4) is 0 Å². The number of benzene rings is 1. The standard InChI is InChI=1S/C12H8Br2F2N2OS/c13-7-1-5(20-11(7)14)4-18-10-2-6(12(17)19)8(15)3-9(10)16/h1-3,18H,4H2,(H2,17,19). The second-order valence-corrected chi connectivity index (χ2v) is 7.17. The van der Waals surface area contributed by atoms with Crippen LogP contribution in [-0.4, -0.2) is 5.91 Å². The SMILES string of the molecule is NC(=O)c1cc(NCc2cc(Br)c(Br)s2)c(F)cc1F. The number of hydrogen-bond acceptors (Lipinski definition) is 3. The second-order valence-electron chi connectivity index (χ2n) is 3.86. The van der Waals surface area contributed by atoms with Gasteiger partial charge in [0, 0.05) is 22.0 Å². The Hall–Kier alpha value is -0.990. The minimum Gasteiger partial charge on any atom is -0.378 e. The molecule has 0 bridgehead atoms. The highest BCUT2D eigenvalue weighted by Gasteiger charge is 2.14. The van der Waals surface area contributed by atoms with Crippen molar-refractivity contribution < 1.29 is 13.6 Å². The topological polar surface area (TPSA) is 55.1 Å². The molecule has 0 spiro atoms. The Balaban J connectivity index is 2.21. The molecule has 2 rings (SSSR count). The average Bonchev–Trinajstić information content (AvgIpc) is 2.67. The first-order chi connectivity index (χ1) is 9.38. The summed E-state index contributed by atoms with van der Waals surface area (Å²) in [5, 5.41) is 2.81. The summed E-state index contributed by atoms with van der Waals surface area (Å²) in [5.74, 6) is -2.68. The lowest BCUT2D eigenvalue weighted by molar-refractivity contribution is 0.0996. The third kappa shape index (κ3) is 3.36. The lowest BCUT2D eigenvalue weighted by Crippen LogP contribution is -2.14. The van der Waals surface area contributed by atoms with Gasteiger partial charge in [-0.05, 0) is 44.0 Å². The number of halogens is 4. The number of carbonyl (C=O) groups is 1. The molecule has 0 atom stereocenters. The molecule has 3 N–H and O–H groups in total. The number of rotatable bonds is 4. The highest BCUT2D eigenvalue weighted by Crippen LogP contribution is 2.33. The molecule has 1 aromatic carbocycles. The molecule has 1 amide bonds. The van der Waals surface area contributed by atoms with Crippen LogP contribution in [-0.2, 0) is 6.54 Å². The van der Waals surface area contributed by atoms with E-state index in [0.29, 0.717) is 12.6 Å². The molecule has 0 aliphatic carbocycles. The fraction of sp³-hybridized carbons (Fsp3) is 0.0833. The maximum Gasteiger partial charge on any atom is 0.251 e. The molecule has 0 unspecified atom stereocenters. The molecule has 0 aliphatic rings. The Bertz CT molecular complexity index is 656. The molecule has 2 aromatic rings. The van der Waals surface area contributed by atoms with Gasteiger partial charge in [0.25, 0.3) is 5.91 Å². The Labute approximate surface area is 134 Å². The fourth-order valence-electron chi connectivity index (χ4n) is 1.53. The Morgan fingerprint density at radius 3 is 2.50 bits per heavy atom. The van der Waals surface area contributed by atoms with Crippen LogP contribution in [0.25, 0.3) is 0 Å². The summed E-state index contributed by atoms with van der Waals surface area (Å²) in [7, 11) is 0. The van der Waals surface area contributed by atoms with Crippen LogP contribution in [0.1, 0.15) is 15.2 Å². The van der Waals surface area contributed by atoms with Crippen LogP contribution < -0.4 is 11.1 Å². The molecule has 3 nitrogen and oxygen atoms in total. The zero-order valence-electron chi connectivity index (χ0n) is 9.84. The summed E-state index contributed by atoms with van der Waals surface area (Å²) in [5.41, 5.74) is 4.71. The van der Waals surface area contributed by atoms with Crippen molar-refractivity contribution in [2.75, 3.05) is 5.32 Å². The molecule has 0 saturated carbocycles. The highest BCUT2D eigenvalue weighted by molar-refractivity contribution is 9.13. The van der Waals surface area contributed by atoms with Crippen molar-refractivity contribution in [3.05, 3.63) is 48.5 Å². The first-order valence-corrected chi connectivity index (χ1v) is 7.75. The molecule has 20 heavy (non-hydrogen) atoms. The minimum atomic E-state index is -0.970. The van der Waals surface area contributed by atoms with Gasteiger partial charge in [0.05, 0.1) is 15.0 Å². The van der Waals surface area contributed by atoms with Crippen LogP contribution in [0.15, 0.2) is 26.5 Å². The molecule has 0 aliphatic heterocycles. The van der Waals surface area contributed by atoms with Crippen LogP contribution in [0.2, 0.25) is 0 Å². The molecular weight excluding hydrogens is 418 g/mol. The van der Waals surface area contributed by atoms with Crippen molar-refractivity contribution in [3.63, 3.8) is 0 Å². The number of nitrogens with one attached hydrogen (secondary N) is 1. The van der Waals surface area contributed by atoms with Crippen molar-refractivity contribution in [1.82, 2.24) is 0 Å². The Morgan fingerprint density at radius 1 is 1.25 bits per heavy atom. The van der Waals surface area contributed by atoms with Gasteiger partial charge in [-0.25, -0.2) is 8.78 Å². The quantitative estimate of drug-likeness (QED) is 0.768. The number of amides is 1. The smallest absolute Gasteiger partial charge is 0.251 e. The van der Waals surface area contributed by atoms with Crippen molar-refractivity contribution in [2.45, 2.75) is 6.54 Å². The summed E-state index contributed by atoms with van der Waals surface area (Å²) in [6, 6.07) is 3.59. The summed E-state index contributed by atoms with van der Waals surface area (Å²) in [6.45, 7) is 0.343. The zero-order valence-corrected chi connectivity index (χ0v) is 13.8. The number of anilines is 1. The minimum absolute atomic E-state index is 0.0286. The van der Waals surface area contributed by atoms with E-state index in [9.17, 15) is 13.6 Å². The van der Waals surface area contributed by atoms with Crippen LogP contribution in [0, 0.1) is 11.6 Å². The predicted octanol–water partition coefficient (Wildman–Crippen LogP) is 4.26. The van der Waals surface area contributed by atoms with E-state index in [0.717, 1.165) is 19.2 Å². The van der Waals surface area contributed by atoms with Crippen molar-refractivity contribution in [2.24, 2.45) is 5.73 Å². The van der Waals surface area contributed by atoms with E-state index < -0.39 is 17.5 Å². The van der Waals surface area contributed by atoms with Gasteiger partial charge in [0.15, 0.2) is 0 Å². The van der Waals surface area contributed by atoms with Crippen LogP contribution in [0.4, 0.5) is 14.5 Å². The summed E-state index contributed by atoms with van der Waals surface area (Å²) >= 11 is 8.18. The summed E-state index contributed by atoms with van der Waals surface area (Å²) in [4.78, 5) is 12.0. The van der Waals surface area contributed by atoms with E-state index in [4.69, 9.17) is 5.73 Å². The maximum atomic E-state index is 13.6. The van der Waals surface area contributed by atoms with E-state index in [1.54, 1.807) is 0 Å². The second kappa shape index (κ2) is 6.19. The lowest BCUT2D eigenvalue weighted by Gasteiger charge is -2.08. The predicted molar refractivity (Wildman–Crippen MR) is 81.9 cm³/mol. The van der Waals surface area contributed by atoms with Gasteiger partial charge < -0.3 is 11.1 Å². The van der Waals surface area contributed by atoms with Gasteiger partial charge in [-0.2, -0.15) is 0 Å². The molecular formula is C12H8Br2F2N2OS. The maximum absolute atomic E-state index is 13.6. The third-order valence-corrected chi connectivity index (χ3v) is 5.73. The van der Waals surface area contributed by atoms with Crippen molar-refractivity contribution in [3.8, 4) is 0 Å². The molecule has 0 radical (unpaired) electrons. The van der Waals surface area contributed by atoms with Crippen molar-refractivity contribution >= 4 is 54.8 Å². The van der Waals surface area contributed by atoms with E-state index in [1.807, 2.05) is 6.07 Å². The fourth-order valence-corrected chi connectivity index (χ4v) is 3.65. The molecule has 106 valence electrons. The third-order valence-electron chi connectivity index (χ3n) is 2.47. The summed E-state index contributed by atoms with van der Waals surface area (Å²) in [6.07, 6.45) is 0. The highest BCUT2D eigenvalue weighted by atomic mass is 79.9. The monoisotopic (exact) mass is 424 g/mol. The number of thiophene rings is 1. The van der Waals surface area contributed by atoms with E-state index in [1.165, 1.54) is 11.3 Å². The molecule has 0 fully saturated rings. The largest absolute Gasteiger partial charge is 0.378 e. The lowest BCUT2D eigenvalue weighted by atomic mass is 10.1. The van der Waals surface area contributed by atoms with Crippen molar-refractivity contribution in [1.29, 1.82) is 0 Å². The number of hydrogen-bond donors (Lipinski definition) is 2. The average molecular weight is 426 g/mol. The first kappa shape index (κ1) is 15.4. The van der Waals surface area contributed by atoms with Gasteiger partial charge in [0.2, 0.25) is 0 Å². The Kier molecular flexibility index (Phi) is 4.77. The zero-order chi connectivity index (χ0) is 14.9. The number of carbonyl (C=O) groups excluding carboxylic acids is 1. The number of primary amides is 1. The molecule has 1 aromatic heterocycles. The molecule has 0 saturated heterocycles. The number of nitrogens with two attached hydrogens (primary N) is 1. The van der Waals surface area contributed by atoms with E-state index in [-0.39, 0.29) is 11.3 Å². The molecule has 8 heteroatoms. The van der Waals surface area contributed by atoms with Crippen LogP contribution in [0.5, 0.6) is 0 Å².